The monoisotopic (exact) mass is 358 g/mol. The fourth-order valence-corrected chi connectivity index (χ4v) is 2.09. The first kappa shape index (κ1) is 13.8. The van der Waals surface area contributed by atoms with Crippen LogP contribution in [0.5, 0.6) is 0 Å². The third-order valence-electron chi connectivity index (χ3n) is 1.59. The molecule has 0 aliphatic heterocycles. The number of aromatic nitrogens is 1. The standard InChI is InChI=1S/C9H10Br2F2N2O/c10-6-3-7(11)9(15-4-6)14-1-2-16-5-8(12)13/h3-4,8H,1-2,5H2,(H,14,15). The van der Waals surface area contributed by atoms with Crippen LogP contribution in [0.1, 0.15) is 0 Å². The Morgan fingerprint density at radius 3 is 2.81 bits per heavy atom. The molecular weight excluding hydrogens is 350 g/mol. The number of nitrogens with one attached hydrogen (secondary N) is 1. The number of ether oxygens (including phenoxy) is 1. The van der Waals surface area contributed by atoms with Crippen molar-refractivity contribution in [2.24, 2.45) is 0 Å². The van der Waals surface area contributed by atoms with Crippen molar-refractivity contribution in [1.82, 2.24) is 4.98 Å². The van der Waals surface area contributed by atoms with Crippen molar-refractivity contribution in [3.63, 3.8) is 0 Å². The van der Waals surface area contributed by atoms with Gasteiger partial charge in [0.15, 0.2) is 0 Å². The lowest BCUT2D eigenvalue weighted by Crippen LogP contribution is -2.13. The molecule has 0 atom stereocenters. The van der Waals surface area contributed by atoms with Crippen molar-refractivity contribution < 1.29 is 13.5 Å². The highest BCUT2D eigenvalue weighted by molar-refractivity contribution is 9.11. The Labute approximate surface area is 109 Å². The van der Waals surface area contributed by atoms with E-state index in [2.05, 4.69) is 42.2 Å². The van der Waals surface area contributed by atoms with E-state index in [0.717, 1.165) is 8.95 Å². The second kappa shape index (κ2) is 7.13. The van der Waals surface area contributed by atoms with Crippen molar-refractivity contribution >= 4 is 37.7 Å². The topological polar surface area (TPSA) is 34.1 Å². The van der Waals surface area contributed by atoms with Gasteiger partial charge in [0, 0.05) is 17.2 Å². The average Bonchev–Trinajstić information content (AvgIpc) is 2.20. The summed E-state index contributed by atoms with van der Waals surface area (Å²) in [6.45, 7) is 0.116. The van der Waals surface area contributed by atoms with Crippen LogP contribution in [0.15, 0.2) is 21.2 Å². The van der Waals surface area contributed by atoms with E-state index in [4.69, 9.17) is 4.74 Å². The number of rotatable bonds is 6. The van der Waals surface area contributed by atoms with Crippen LogP contribution in [-0.4, -0.2) is 31.2 Å². The molecule has 0 saturated carbocycles. The maximum Gasteiger partial charge on any atom is 0.261 e. The molecule has 0 amide bonds. The molecule has 0 unspecified atom stereocenters. The van der Waals surface area contributed by atoms with Gasteiger partial charge in [-0.3, -0.25) is 0 Å². The van der Waals surface area contributed by atoms with Gasteiger partial charge in [-0.2, -0.15) is 0 Å². The second-order valence-corrected chi connectivity index (χ2v) is 4.65. The highest BCUT2D eigenvalue weighted by Gasteiger charge is 2.03. The number of alkyl halides is 2. The van der Waals surface area contributed by atoms with Gasteiger partial charge < -0.3 is 10.1 Å². The van der Waals surface area contributed by atoms with Crippen LogP contribution in [0, 0.1) is 0 Å². The summed E-state index contributed by atoms with van der Waals surface area (Å²) in [5.41, 5.74) is 0. The Balaban J connectivity index is 2.27. The minimum Gasteiger partial charge on any atom is -0.374 e. The molecular formula is C9H10Br2F2N2O. The van der Waals surface area contributed by atoms with Gasteiger partial charge in [0.25, 0.3) is 6.43 Å². The molecule has 1 N–H and O–H groups in total. The van der Waals surface area contributed by atoms with Crippen molar-refractivity contribution in [3.8, 4) is 0 Å². The summed E-state index contributed by atoms with van der Waals surface area (Å²) in [4.78, 5) is 4.10. The van der Waals surface area contributed by atoms with Crippen LogP contribution in [0.4, 0.5) is 14.6 Å². The van der Waals surface area contributed by atoms with Crippen LogP contribution in [0.25, 0.3) is 0 Å². The predicted octanol–water partition coefficient (Wildman–Crippen LogP) is 3.30. The van der Waals surface area contributed by atoms with Crippen LogP contribution >= 0.6 is 31.9 Å². The molecule has 0 spiro atoms. The zero-order chi connectivity index (χ0) is 12.0. The van der Waals surface area contributed by atoms with Gasteiger partial charge in [-0.25, -0.2) is 13.8 Å². The average molecular weight is 360 g/mol. The molecule has 16 heavy (non-hydrogen) atoms. The lowest BCUT2D eigenvalue weighted by Gasteiger charge is -2.08. The Morgan fingerprint density at radius 1 is 1.44 bits per heavy atom. The lowest BCUT2D eigenvalue weighted by atomic mass is 10.4. The Morgan fingerprint density at radius 2 is 2.19 bits per heavy atom. The number of hydrogen-bond acceptors (Lipinski definition) is 3. The summed E-state index contributed by atoms with van der Waals surface area (Å²) in [5.74, 6) is 0.656. The molecule has 1 aromatic rings. The summed E-state index contributed by atoms with van der Waals surface area (Å²) in [5, 5.41) is 2.97. The van der Waals surface area contributed by atoms with Crippen molar-refractivity contribution in [3.05, 3.63) is 21.2 Å². The first-order valence-corrected chi connectivity index (χ1v) is 6.09. The second-order valence-electron chi connectivity index (χ2n) is 2.88. The van der Waals surface area contributed by atoms with E-state index in [1.54, 1.807) is 6.20 Å². The van der Waals surface area contributed by atoms with Gasteiger partial charge in [0.1, 0.15) is 12.4 Å². The van der Waals surface area contributed by atoms with Gasteiger partial charge in [0.05, 0.1) is 11.1 Å². The highest BCUT2D eigenvalue weighted by Crippen LogP contribution is 2.22. The fraction of sp³-hybridized carbons (Fsp3) is 0.444. The SMILES string of the molecule is FC(F)COCCNc1ncc(Br)cc1Br. The summed E-state index contributed by atoms with van der Waals surface area (Å²) >= 11 is 6.60. The van der Waals surface area contributed by atoms with Gasteiger partial charge in [-0.15, -0.1) is 0 Å². The van der Waals surface area contributed by atoms with Crippen LogP contribution in [0.2, 0.25) is 0 Å². The number of nitrogens with zero attached hydrogens (tertiary/aromatic N) is 1. The molecule has 1 heterocycles. The highest BCUT2D eigenvalue weighted by atomic mass is 79.9. The molecule has 0 saturated heterocycles. The fourth-order valence-electron chi connectivity index (χ4n) is 0.959. The van der Waals surface area contributed by atoms with Gasteiger partial charge in [0.2, 0.25) is 0 Å². The molecule has 90 valence electrons. The van der Waals surface area contributed by atoms with E-state index in [1.807, 2.05) is 6.07 Å². The molecule has 1 aromatic heterocycles. The van der Waals surface area contributed by atoms with Crippen molar-refractivity contribution in [2.75, 3.05) is 25.1 Å². The van der Waals surface area contributed by atoms with E-state index in [1.165, 1.54) is 0 Å². The summed E-state index contributed by atoms with van der Waals surface area (Å²) < 4.78 is 29.8. The van der Waals surface area contributed by atoms with E-state index < -0.39 is 13.0 Å². The first-order valence-electron chi connectivity index (χ1n) is 4.50. The third kappa shape index (κ3) is 5.18. The number of halogens is 4. The first-order chi connectivity index (χ1) is 7.59. The van der Waals surface area contributed by atoms with E-state index in [9.17, 15) is 8.78 Å². The Bertz CT molecular complexity index is 339. The molecule has 0 radical (unpaired) electrons. The van der Waals surface area contributed by atoms with Crippen LogP contribution < -0.4 is 5.32 Å². The molecule has 0 aliphatic carbocycles. The molecule has 0 bridgehead atoms. The Kier molecular flexibility index (Phi) is 6.15. The lowest BCUT2D eigenvalue weighted by molar-refractivity contribution is 0.0215. The maximum absolute atomic E-state index is 11.7. The number of pyridine rings is 1. The van der Waals surface area contributed by atoms with Gasteiger partial charge >= 0.3 is 0 Å². The Hall–Kier alpha value is -0.270. The third-order valence-corrected chi connectivity index (χ3v) is 2.63. The largest absolute Gasteiger partial charge is 0.374 e. The van der Waals surface area contributed by atoms with E-state index >= 15 is 0 Å². The molecule has 1 rings (SSSR count). The molecule has 0 aromatic carbocycles. The predicted molar refractivity (Wildman–Crippen MR) is 64.9 cm³/mol. The minimum absolute atomic E-state index is 0.217. The quantitative estimate of drug-likeness (QED) is 0.791. The van der Waals surface area contributed by atoms with Crippen LogP contribution in [0.3, 0.4) is 0 Å². The molecule has 3 nitrogen and oxygen atoms in total. The van der Waals surface area contributed by atoms with Crippen LogP contribution in [-0.2, 0) is 4.74 Å². The molecule has 7 heteroatoms. The van der Waals surface area contributed by atoms with Crippen molar-refractivity contribution in [1.29, 1.82) is 0 Å². The van der Waals surface area contributed by atoms with Crippen molar-refractivity contribution in [2.45, 2.75) is 6.43 Å². The normalized spacial score (nSPS) is 10.8. The molecule has 0 aliphatic rings. The van der Waals surface area contributed by atoms with E-state index in [0.29, 0.717) is 12.4 Å². The zero-order valence-corrected chi connectivity index (χ0v) is 11.4. The molecule has 0 fully saturated rings. The smallest absolute Gasteiger partial charge is 0.261 e. The van der Waals surface area contributed by atoms with E-state index in [-0.39, 0.29) is 6.61 Å². The number of hydrogen-bond donors (Lipinski definition) is 1. The summed E-state index contributed by atoms with van der Waals surface area (Å²) in [6, 6.07) is 1.84. The maximum atomic E-state index is 11.7. The van der Waals surface area contributed by atoms with Gasteiger partial charge in [-0.1, -0.05) is 0 Å². The summed E-state index contributed by atoms with van der Waals surface area (Å²) in [7, 11) is 0. The van der Waals surface area contributed by atoms with Gasteiger partial charge in [-0.05, 0) is 37.9 Å². The minimum atomic E-state index is -2.42. The zero-order valence-electron chi connectivity index (χ0n) is 8.22. The number of anilines is 1. The summed E-state index contributed by atoms with van der Waals surface area (Å²) in [6.07, 6.45) is -0.773.